The fraction of sp³-hybridized carbons (Fsp3) is 0.250. The molecule has 0 saturated carbocycles. The highest BCUT2D eigenvalue weighted by molar-refractivity contribution is 6.00. The van der Waals surface area contributed by atoms with E-state index in [-0.39, 0.29) is 0 Å². The van der Waals surface area contributed by atoms with Crippen LogP contribution in [0.2, 0.25) is 0 Å². The van der Waals surface area contributed by atoms with Crippen molar-refractivity contribution in [2.45, 2.75) is 13.3 Å². The van der Waals surface area contributed by atoms with Gasteiger partial charge >= 0.3 is 0 Å². The van der Waals surface area contributed by atoms with E-state index in [1.165, 1.54) is 0 Å². The summed E-state index contributed by atoms with van der Waals surface area (Å²) in [4.78, 5) is 4.07. The maximum absolute atomic E-state index is 8.94. The number of ether oxygens (including phenoxy) is 2. The molecule has 0 spiro atoms. The van der Waals surface area contributed by atoms with E-state index in [1.807, 2.05) is 24.4 Å². The van der Waals surface area contributed by atoms with E-state index in [9.17, 15) is 0 Å². The summed E-state index contributed by atoms with van der Waals surface area (Å²) in [6.07, 6.45) is 4.31. The minimum atomic E-state index is 0.494. The van der Waals surface area contributed by atoms with Gasteiger partial charge in [-0.15, -0.1) is 0 Å². The van der Waals surface area contributed by atoms with Crippen molar-refractivity contribution in [1.29, 1.82) is 0 Å². The van der Waals surface area contributed by atoms with Crippen LogP contribution in [0.4, 0.5) is 0 Å². The number of aromatic nitrogens is 1. The molecule has 110 valence electrons. The van der Waals surface area contributed by atoms with Crippen LogP contribution < -0.4 is 9.47 Å². The smallest absolute Gasteiger partial charge is 0.132 e. The van der Waals surface area contributed by atoms with Crippen LogP contribution in [0.5, 0.6) is 11.5 Å². The summed E-state index contributed by atoms with van der Waals surface area (Å²) in [7, 11) is 1.60. The molecule has 5 nitrogen and oxygen atoms in total. The summed E-state index contributed by atoms with van der Waals surface area (Å²) in [5.74, 6) is 1.33. The lowest BCUT2D eigenvalue weighted by atomic mass is 10.1. The van der Waals surface area contributed by atoms with Gasteiger partial charge in [-0.1, -0.05) is 11.2 Å². The number of pyridine rings is 1. The fourth-order valence-corrected chi connectivity index (χ4v) is 1.93. The van der Waals surface area contributed by atoms with Gasteiger partial charge in [0.2, 0.25) is 0 Å². The molecular weight excluding hydrogens is 268 g/mol. The Labute approximate surface area is 123 Å². The Morgan fingerprint density at radius 2 is 2.19 bits per heavy atom. The molecule has 0 aliphatic heterocycles. The van der Waals surface area contributed by atoms with Crippen molar-refractivity contribution in [3.8, 4) is 11.5 Å². The quantitative estimate of drug-likeness (QED) is 0.504. The highest BCUT2D eigenvalue weighted by Crippen LogP contribution is 2.25. The molecule has 0 saturated heterocycles. The molecule has 0 amide bonds. The molecule has 5 heteroatoms. The van der Waals surface area contributed by atoms with Crippen molar-refractivity contribution in [1.82, 2.24) is 4.98 Å². The molecule has 1 aromatic heterocycles. The lowest BCUT2D eigenvalue weighted by molar-refractivity contribution is 0.312. The van der Waals surface area contributed by atoms with Crippen LogP contribution in [-0.2, 0) is 6.42 Å². The topological polar surface area (TPSA) is 63.9 Å². The van der Waals surface area contributed by atoms with Gasteiger partial charge in [-0.25, -0.2) is 0 Å². The van der Waals surface area contributed by atoms with Gasteiger partial charge in [-0.3, -0.25) is 4.98 Å². The molecule has 1 aromatic carbocycles. The van der Waals surface area contributed by atoms with Crippen molar-refractivity contribution in [3.05, 3.63) is 53.9 Å². The van der Waals surface area contributed by atoms with Crippen molar-refractivity contribution in [2.75, 3.05) is 13.7 Å². The predicted octanol–water partition coefficient (Wildman–Crippen LogP) is 2.91. The van der Waals surface area contributed by atoms with Crippen LogP contribution in [0.1, 0.15) is 18.1 Å². The van der Waals surface area contributed by atoms with E-state index in [2.05, 4.69) is 10.1 Å². The average molecular weight is 286 g/mol. The maximum atomic E-state index is 8.94. The van der Waals surface area contributed by atoms with Gasteiger partial charge in [-0.05, 0) is 30.7 Å². The van der Waals surface area contributed by atoms with Crippen molar-refractivity contribution >= 4 is 5.71 Å². The number of benzene rings is 1. The van der Waals surface area contributed by atoms with Gasteiger partial charge in [0.15, 0.2) is 0 Å². The molecule has 0 bridgehead atoms. The zero-order valence-corrected chi connectivity index (χ0v) is 12.1. The Hall–Kier alpha value is -2.56. The number of nitrogens with zero attached hydrogens (tertiary/aromatic N) is 2. The molecule has 0 fully saturated rings. The normalized spacial score (nSPS) is 11.2. The molecular formula is C16H18N2O3. The Morgan fingerprint density at radius 3 is 2.86 bits per heavy atom. The van der Waals surface area contributed by atoms with E-state index < -0.39 is 0 Å². The van der Waals surface area contributed by atoms with Gasteiger partial charge in [0, 0.05) is 30.4 Å². The first-order valence-electron chi connectivity index (χ1n) is 6.63. The van der Waals surface area contributed by atoms with Gasteiger partial charge in [0.1, 0.15) is 11.5 Å². The van der Waals surface area contributed by atoms with Crippen molar-refractivity contribution < 1.29 is 14.7 Å². The number of rotatable bonds is 6. The molecule has 2 rings (SSSR count). The van der Waals surface area contributed by atoms with Gasteiger partial charge < -0.3 is 14.7 Å². The Bertz CT molecular complexity index is 612. The van der Waals surface area contributed by atoms with Crippen molar-refractivity contribution in [3.63, 3.8) is 0 Å². The van der Waals surface area contributed by atoms with Crippen LogP contribution in [0.25, 0.3) is 0 Å². The molecule has 2 aromatic rings. The number of oxime groups is 1. The average Bonchev–Trinajstić information content (AvgIpc) is 2.55. The second-order valence-electron chi connectivity index (χ2n) is 4.51. The van der Waals surface area contributed by atoms with E-state index in [1.54, 1.807) is 32.4 Å². The molecule has 1 heterocycles. The second kappa shape index (κ2) is 7.28. The van der Waals surface area contributed by atoms with Gasteiger partial charge in [-0.2, -0.15) is 0 Å². The van der Waals surface area contributed by atoms with Crippen LogP contribution in [0, 0.1) is 0 Å². The summed E-state index contributed by atoms with van der Waals surface area (Å²) in [5, 5.41) is 12.2. The van der Waals surface area contributed by atoms with E-state index in [0.717, 1.165) is 17.5 Å². The van der Waals surface area contributed by atoms with E-state index in [0.29, 0.717) is 23.8 Å². The Kier molecular flexibility index (Phi) is 5.15. The third-order valence-electron chi connectivity index (χ3n) is 3.10. The first-order valence-corrected chi connectivity index (χ1v) is 6.63. The summed E-state index contributed by atoms with van der Waals surface area (Å²) < 4.78 is 11.0. The van der Waals surface area contributed by atoms with Crippen LogP contribution in [-0.4, -0.2) is 29.6 Å². The standard InChI is InChI=1S/C16H18N2O3/c1-12(18-19)15-6-5-14(20-2)10-16(15)21-9-7-13-4-3-8-17-11-13/h3-6,8,10-11,19H,7,9H2,1-2H3/b18-12+. The highest BCUT2D eigenvalue weighted by Gasteiger charge is 2.09. The largest absolute Gasteiger partial charge is 0.497 e. The third kappa shape index (κ3) is 3.95. The molecule has 0 unspecified atom stereocenters. The first kappa shape index (κ1) is 14.8. The fourth-order valence-electron chi connectivity index (χ4n) is 1.93. The SMILES string of the molecule is COc1ccc(/C(C)=N/O)c(OCCc2cccnc2)c1. The summed E-state index contributed by atoms with van der Waals surface area (Å²) >= 11 is 0. The van der Waals surface area contributed by atoms with Crippen molar-refractivity contribution in [2.24, 2.45) is 5.16 Å². The first-order chi connectivity index (χ1) is 10.2. The monoisotopic (exact) mass is 286 g/mol. The zero-order chi connectivity index (χ0) is 15.1. The van der Waals surface area contributed by atoms with Gasteiger partial charge in [0.25, 0.3) is 0 Å². The zero-order valence-electron chi connectivity index (χ0n) is 12.1. The van der Waals surface area contributed by atoms with Crippen LogP contribution >= 0.6 is 0 Å². The number of hydrogen-bond acceptors (Lipinski definition) is 5. The summed E-state index contributed by atoms with van der Waals surface area (Å²) in [6, 6.07) is 9.30. The van der Waals surface area contributed by atoms with Crippen LogP contribution in [0.15, 0.2) is 47.9 Å². The minimum absolute atomic E-state index is 0.494. The van der Waals surface area contributed by atoms with Gasteiger partial charge in [0.05, 0.1) is 19.4 Å². The molecule has 1 N–H and O–H groups in total. The van der Waals surface area contributed by atoms with E-state index >= 15 is 0 Å². The summed E-state index contributed by atoms with van der Waals surface area (Å²) in [6.45, 7) is 2.22. The third-order valence-corrected chi connectivity index (χ3v) is 3.10. The highest BCUT2D eigenvalue weighted by atomic mass is 16.5. The minimum Gasteiger partial charge on any atom is -0.497 e. The lowest BCUT2D eigenvalue weighted by Gasteiger charge is -2.12. The molecule has 0 atom stereocenters. The lowest BCUT2D eigenvalue weighted by Crippen LogP contribution is -2.06. The Balaban J connectivity index is 2.10. The molecule has 0 aliphatic carbocycles. The second-order valence-corrected chi connectivity index (χ2v) is 4.51. The molecule has 0 aliphatic rings. The van der Waals surface area contributed by atoms with E-state index in [4.69, 9.17) is 14.7 Å². The molecule has 0 radical (unpaired) electrons. The Morgan fingerprint density at radius 1 is 1.33 bits per heavy atom. The molecule has 21 heavy (non-hydrogen) atoms. The maximum Gasteiger partial charge on any atom is 0.132 e. The predicted molar refractivity (Wildman–Crippen MR) is 80.4 cm³/mol. The number of methoxy groups -OCH3 is 1. The summed E-state index contributed by atoms with van der Waals surface area (Å²) in [5.41, 5.74) is 2.34. The van der Waals surface area contributed by atoms with Crippen LogP contribution in [0.3, 0.4) is 0 Å². The number of hydrogen-bond donors (Lipinski definition) is 1.